The maximum atomic E-state index is 11.7. The number of fused-ring (bicyclic) bond motifs is 2. The molecular weight excluding hydrogens is 388 g/mol. The number of carbonyl (C=O) groups is 2. The van der Waals surface area contributed by atoms with Crippen molar-refractivity contribution in [2.24, 2.45) is 11.8 Å². The molecule has 3 aliphatic rings. The van der Waals surface area contributed by atoms with Crippen molar-refractivity contribution in [1.29, 1.82) is 0 Å². The van der Waals surface area contributed by atoms with E-state index in [9.17, 15) is 19.8 Å². The SMILES string of the molecule is CCCCCCCCCCCCC1OC1OCC12CCC(O1)C(C(=O)O)C2C(=O)O. The normalized spacial score (nSPS) is 34.4. The molecule has 3 heterocycles. The van der Waals surface area contributed by atoms with Gasteiger partial charge in [0.2, 0.25) is 0 Å². The third-order valence-electron chi connectivity index (χ3n) is 6.99. The first-order chi connectivity index (χ1) is 14.5. The Labute approximate surface area is 179 Å². The number of epoxide rings is 1. The first-order valence-electron chi connectivity index (χ1n) is 11.9. The molecule has 0 spiro atoms. The highest BCUT2D eigenvalue weighted by atomic mass is 16.8. The van der Waals surface area contributed by atoms with Gasteiger partial charge in [-0.05, 0) is 19.3 Å². The quantitative estimate of drug-likeness (QED) is 0.279. The van der Waals surface area contributed by atoms with Gasteiger partial charge in [0.15, 0.2) is 6.29 Å². The average Bonchev–Trinajstić information content (AvgIpc) is 3.20. The van der Waals surface area contributed by atoms with Crippen LogP contribution in [-0.4, -0.2) is 52.9 Å². The van der Waals surface area contributed by atoms with Gasteiger partial charge >= 0.3 is 11.9 Å². The zero-order valence-corrected chi connectivity index (χ0v) is 18.2. The third-order valence-corrected chi connectivity index (χ3v) is 6.99. The van der Waals surface area contributed by atoms with E-state index in [-0.39, 0.29) is 19.0 Å². The monoisotopic (exact) mass is 426 g/mol. The van der Waals surface area contributed by atoms with Gasteiger partial charge in [0, 0.05) is 0 Å². The van der Waals surface area contributed by atoms with Crippen molar-refractivity contribution in [3.8, 4) is 0 Å². The molecule has 3 aliphatic heterocycles. The first kappa shape index (κ1) is 23.5. The van der Waals surface area contributed by atoms with Crippen molar-refractivity contribution in [3.63, 3.8) is 0 Å². The highest BCUT2D eigenvalue weighted by Crippen LogP contribution is 2.52. The number of hydrogen-bond acceptors (Lipinski definition) is 5. The topological polar surface area (TPSA) is 106 Å². The van der Waals surface area contributed by atoms with Gasteiger partial charge in [-0.3, -0.25) is 9.59 Å². The summed E-state index contributed by atoms with van der Waals surface area (Å²) in [4.78, 5) is 23.2. The minimum absolute atomic E-state index is 0.0765. The van der Waals surface area contributed by atoms with E-state index in [1.807, 2.05) is 0 Å². The summed E-state index contributed by atoms with van der Waals surface area (Å²) in [5.41, 5.74) is -1.03. The molecule has 172 valence electrons. The molecular formula is C23H38O7. The van der Waals surface area contributed by atoms with E-state index in [0.717, 1.165) is 12.8 Å². The predicted octanol–water partition coefficient (Wildman–Crippen LogP) is 4.37. The molecule has 2 bridgehead atoms. The van der Waals surface area contributed by atoms with Crippen LogP contribution in [0.2, 0.25) is 0 Å². The van der Waals surface area contributed by atoms with Crippen molar-refractivity contribution >= 4 is 11.9 Å². The summed E-state index contributed by atoms with van der Waals surface area (Å²) in [5.74, 6) is -4.28. The highest BCUT2D eigenvalue weighted by molar-refractivity contribution is 5.83. The summed E-state index contributed by atoms with van der Waals surface area (Å²) in [5, 5.41) is 19.0. The van der Waals surface area contributed by atoms with E-state index in [1.165, 1.54) is 57.8 Å². The number of unbranched alkanes of at least 4 members (excludes halogenated alkanes) is 9. The smallest absolute Gasteiger partial charge is 0.310 e. The van der Waals surface area contributed by atoms with E-state index in [0.29, 0.717) is 12.8 Å². The van der Waals surface area contributed by atoms with Crippen LogP contribution in [0, 0.1) is 11.8 Å². The predicted molar refractivity (Wildman–Crippen MR) is 110 cm³/mol. The molecule has 6 atom stereocenters. The van der Waals surface area contributed by atoms with E-state index in [1.54, 1.807) is 0 Å². The minimum Gasteiger partial charge on any atom is -0.481 e. The van der Waals surface area contributed by atoms with Gasteiger partial charge in [-0.2, -0.15) is 0 Å². The largest absolute Gasteiger partial charge is 0.481 e. The Bertz CT molecular complexity index is 580. The Morgan fingerprint density at radius 2 is 1.60 bits per heavy atom. The third kappa shape index (κ3) is 5.74. The van der Waals surface area contributed by atoms with Crippen LogP contribution in [0.15, 0.2) is 0 Å². The van der Waals surface area contributed by atoms with Crippen LogP contribution in [-0.2, 0) is 23.8 Å². The zero-order valence-electron chi connectivity index (χ0n) is 18.2. The number of rotatable bonds is 16. The Morgan fingerprint density at radius 3 is 2.20 bits per heavy atom. The second kappa shape index (κ2) is 10.9. The van der Waals surface area contributed by atoms with Gasteiger partial charge in [0.05, 0.1) is 18.6 Å². The Balaban J connectivity index is 1.27. The van der Waals surface area contributed by atoms with E-state index in [4.69, 9.17) is 14.2 Å². The number of hydrogen-bond donors (Lipinski definition) is 2. The summed E-state index contributed by atoms with van der Waals surface area (Å²) in [6.45, 7) is 2.33. The maximum Gasteiger partial charge on any atom is 0.310 e. The van der Waals surface area contributed by atoms with Crippen molar-refractivity contribution in [2.45, 2.75) is 114 Å². The summed E-state index contributed by atoms with van der Waals surface area (Å²) in [6, 6.07) is 0. The number of carboxylic acid groups (broad SMARTS) is 2. The lowest BCUT2D eigenvalue weighted by atomic mass is 9.72. The van der Waals surface area contributed by atoms with Crippen LogP contribution in [0.3, 0.4) is 0 Å². The number of ether oxygens (including phenoxy) is 3. The number of carboxylic acids is 2. The first-order valence-corrected chi connectivity index (χ1v) is 11.9. The molecule has 7 heteroatoms. The molecule has 0 aromatic heterocycles. The summed E-state index contributed by atoms with van der Waals surface area (Å²) in [6.07, 6.45) is 14.2. The second-order valence-corrected chi connectivity index (χ2v) is 9.26. The summed E-state index contributed by atoms with van der Waals surface area (Å²) >= 11 is 0. The van der Waals surface area contributed by atoms with Crippen molar-refractivity contribution in [2.75, 3.05) is 6.61 Å². The molecule has 0 saturated carbocycles. The van der Waals surface area contributed by atoms with Gasteiger partial charge < -0.3 is 24.4 Å². The minimum atomic E-state index is -1.12. The zero-order chi connectivity index (χ0) is 21.6. The molecule has 3 fully saturated rings. The molecule has 7 nitrogen and oxygen atoms in total. The standard InChI is InChI=1S/C23H38O7/c1-2-3-4-5-6-7-8-9-10-11-12-17-22(29-17)28-15-23-14-13-16(30-23)18(20(24)25)19(23)21(26)27/h16-19,22H,2-15H2,1H3,(H,24,25)(H,26,27). The molecule has 0 aliphatic carbocycles. The summed E-state index contributed by atoms with van der Waals surface area (Å²) < 4.78 is 17.3. The fourth-order valence-electron chi connectivity index (χ4n) is 5.24. The molecule has 3 saturated heterocycles. The van der Waals surface area contributed by atoms with Crippen LogP contribution in [0.25, 0.3) is 0 Å². The molecule has 2 N–H and O–H groups in total. The van der Waals surface area contributed by atoms with Crippen LogP contribution in [0.5, 0.6) is 0 Å². The molecule has 0 amide bonds. The van der Waals surface area contributed by atoms with Crippen LogP contribution in [0.1, 0.15) is 90.4 Å². The molecule has 0 radical (unpaired) electrons. The lowest BCUT2D eigenvalue weighted by Gasteiger charge is -2.31. The fraction of sp³-hybridized carbons (Fsp3) is 0.913. The van der Waals surface area contributed by atoms with E-state index < -0.39 is 35.5 Å². The van der Waals surface area contributed by atoms with Gasteiger partial charge in [0.1, 0.15) is 17.6 Å². The van der Waals surface area contributed by atoms with Gasteiger partial charge in [-0.1, -0.05) is 71.1 Å². The maximum absolute atomic E-state index is 11.7. The van der Waals surface area contributed by atoms with E-state index in [2.05, 4.69) is 6.92 Å². The van der Waals surface area contributed by atoms with Crippen LogP contribution in [0.4, 0.5) is 0 Å². The Kier molecular flexibility index (Phi) is 8.54. The average molecular weight is 427 g/mol. The Morgan fingerprint density at radius 1 is 0.967 bits per heavy atom. The van der Waals surface area contributed by atoms with E-state index >= 15 is 0 Å². The van der Waals surface area contributed by atoms with Crippen molar-refractivity contribution < 1.29 is 34.0 Å². The van der Waals surface area contributed by atoms with Gasteiger partial charge in [-0.15, -0.1) is 0 Å². The molecule has 0 aromatic rings. The molecule has 3 rings (SSSR count). The molecule has 6 unspecified atom stereocenters. The van der Waals surface area contributed by atoms with Gasteiger partial charge in [0.25, 0.3) is 0 Å². The lowest BCUT2D eigenvalue weighted by Crippen LogP contribution is -2.48. The fourth-order valence-corrected chi connectivity index (χ4v) is 5.24. The van der Waals surface area contributed by atoms with Crippen molar-refractivity contribution in [3.05, 3.63) is 0 Å². The highest BCUT2D eigenvalue weighted by Gasteiger charge is 2.65. The van der Waals surface area contributed by atoms with Crippen molar-refractivity contribution in [1.82, 2.24) is 0 Å². The summed E-state index contributed by atoms with van der Waals surface area (Å²) in [7, 11) is 0. The second-order valence-electron chi connectivity index (χ2n) is 9.26. The Hall–Kier alpha value is -1.18. The lowest BCUT2D eigenvalue weighted by molar-refractivity contribution is -0.159. The molecule has 30 heavy (non-hydrogen) atoms. The van der Waals surface area contributed by atoms with Gasteiger partial charge in [-0.25, -0.2) is 0 Å². The number of aliphatic carboxylic acids is 2. The van der Waals surface area contributed by atoms with Crippen LogP contribution >= 0.6 is 0 Å². The molecule has 0 aromatic carbocycles. The van der Waals surface area contributed by atoms with Crippen LogP contribution < -0.4 is 0 Å².